The Balaban J connectivity index is 0.000000821. The van der Waals surface area contributed by atoms with Crippen LogP contribution in [0.1, 0.15) is 58.1 Å². The summed E-state index contributed by atoms with van der Waals surface area (Å²) in [6.45, 7) is 8.76. The van der Waals surface area contributed by atoms with Gasteiger partial charge in [-0.05, 0) is 68.9 Å². The van der Waals surface area contributed by atoms with Gasteiger partial charge in [-0.15, -0.1) is 0 Å². The van der Waals surface area contributed by atoms with Gasteiger partial charge in [0.15, 0.2) is 0 Å². The van der Waals surface area contributed by atoms with E-state index in [-0.39, 0.29) is 24.7 Å². The summed E-state index contributed by atoms with van der Waals surface area (Å²) in [5.74, 6) is -1.26. The molecule has 0 bridgehead atoms. The van der Waals surface area contributed by atoms with Crippen molar-refractivity contribution in [3.05, 3.63) is 95.6 Å². The largest absolute Gasteiger partial charge is 0.379 e. The van der Waals surface area contributed by atoms with Crippen LogP contribution in [0.25, 0.3) is 10.8 Å². The van der Waals surface area contributed by atoms with E-state index in [1.807, 2.05) is 93.6 Å². The van der Waals surface area contributed by atoms with Crippen LogP contribution in [0.15, 0.2) is 84.4 Å². The van der Waals surface area contributed by atoms with E-state index < -0.39 is 23.5 Å². The molecule has 3 amide bonds. The monoisotopic (exact) mass is 614 g/mol. The Morgan fingerprint density at radius 3 is 2.09 bits per heavy atom. The summed E-state index contributed by atoms with van der Waals surface area (Å²) in [5, 5.41) is 2.13. The summed E-state index contributed by atoms with van der Waals surface area (Å²) in [5.41, 5.74) is 14.1. The third kappa shape index (κ3) is 11.1. The Kier molecular flexibility index (Phi) is 12.9. The normalized spacial score (nSPS) is 16.3. The summed E-state index contributed by atoms with van der Waals surface area (Å²) in [7, 11) is 3.19. The van der Waals surface area contributed by atoms with Gasteiger partial charge in [-0.1, -0.05) is 78.4 Å². The van der Waals surface area contributed by atoms with Crippen LogP contribution in [0, 0.1) is 0 Å². The Morgan fingerprint density at radius 2 is 1.53 bits per heavy atom. The Bertz CT molecular complexity index is 1460. The second kappa shape index (κ2) is 16.3. The van der Waals surface area contributed by atoms with Crippen molar-refractivity contribution in [3.63, 3.8) is 0 Å². The second-order valence-electron chi connectivity index (χ2n) is 12.9. The Labute approximate surface area is 268 Å². The standard InChI is InChI=1S/C32H40N4O3.C5H10O/c1-22(21-32(2,3)34)17-29(37)35(4)28(20-24-15-16-25-13-9-10-14-26(25)18-24)31(39)36(5)27(30(33)38)19-23-11-7-6-8-12-23;1-5-3-2-4-6-5/h6-18,27-28H,19-21,34H2,1-5H3,(H2,33,38);5H,2-4H2,1H3/b22-17+;/t27-,28-;/m1./s1. The molecule has 4 N–H and O–H groups in total. The van der Waals surface area contributed by atoms with E-state index in [0.29, 0.717) is 12.5 Å². The average Bonchev–Trinajstić information content (AvgIpc) is 3.48. The number of primary amides is 1. The van der Waals surface area contributed by atoms with Crippen molar-refractivity contribution >= 4 is 28.5 Å². The Hall–Kier alpha value is -4.01. The van der Waals surface area contributed by atoms with Gasteiger partial charge in [0.2, 0.25) is 17.7 Å². The minimum Gasteiger partial charge on any atom is -0.379 e. The summed E-state index contributed by atoms with van der Waals surface area (Å²) in [6, 6.07) is 21.7. The van der Waals surface area contributed by atoms with Crippen molar-refractivity contribution in [2.24, 2.45) is 11.5 Å². The third-order valence-electron chi connectivity index (χ3n) is 8.02. The van der Waals surface area contributed by atoms with Crippen LogP contribution in [-0.2, 0) is 32.0 Å². The van der Waals surface area contributed by atoms with Gasteiger partial charge in [0.1, 0.15) is 12.1 Å². The van der Waals surface area contributed by atoms with Crippen LogP contribution in [0.4, 0.5) is 0 Å². The van der Waals surface area contributed by atoms with E-state index >= 15 is 0 Å². The van der Waals surface area contributed by atoms with Crippen LogP contribution in [0.5, 0.6) is 0 Å². The maximum Gasteiger partial charge on any atom is 0.246 e. The fourth-order valence-corrected chi connectivity index (χ4v) is 5.61. The first-order valence-electron chi connectivity index (χ1n) is 15.7. The molecule has 0 saturated carbocycles. The van der Waals surface area contributed by atoms with Gasteiger partial charge in [0.25, 0.3) is 0 Å². The maximum absolute atomic E-state index is 14.0. The molecule has 1 fully saturated rings. The molecule has 3 aromatic carbocycles. The molecule has 8 heteroatoms. The lowest BCUT2D eigenvalue weighted by molar-refractivity contribution is -0.145. The molecule has 1 heterocycles. The summed E-state index contributed by atoms with van der Waals surface area (Å²) < 4.78 is 5.15. The van der Waals surface area contributed by atoms with Crippen molar-refractivity contribution in [2.75, 3.05) is 20.7 Å². The predicted octanol–water partition coefficient (Wildman–Crippen LogP) is 5.02. The van der Waals surface area contributed by atoms with Crippen LogP contribution >= 0.6 is 0 Å². The van der Waals surface area contributed by atoms with Gasteiger partial charge < -0.3 is 26.0 Å². The zero-order chi connectivity index (χ0) is 33.1. The highest BCUT2D eigenvalue weighted by Crippen LogP contribution is 2.21. The number of carbonyl (C=O) groups is 3. The highest BCUT2D eigenvalue weighted by atomic mass is 16.5. The number of amides is 3. The lowest BCUT2D eigenvalue weighted by Gasteiger charge is -2.34. The molecule has 0 aromatic heterocycles. The van der Waals surface area contributed by atoms with E-state index in [1.165, 1.54) is 28.7 Å². The van der Waals surface area contributed by atoms with Gasteiger partial charge in [-0.25, -0.2) is 0 Å². The van der Waals surface area contributed by atoms with Gasteiger partial charge in [-0.2, -0.15) is 0 Å². The molecule has 0 aliphatic carbocycles. The number of hydrogen-bond donors (Lipinski definition) is 2. The number of fused-ring (bicyclic) bond motifs is 1. The van der Waals surface area contributed by atoms with Crippen LogP contribution in [-0.4, -0.2) is 72.0 Å². The number of likely N-dealkylation sites (N-methyl/N-ethyl adjacent to an activating group) is 2. The number of carbonyl (C=O) groups excluding carboxylic acids is 3. The molecule has 0 spiro atoms. The molecule has 3 aromatic rings. The number of nitrogens with zero attached hydrogens (tertiary/aromatic N) is 2. The fourth-order valence-electron chi connectivity index (χ4n) is 5.61. The number of nitrogens with two attached hydrogens (primary N) is 2. The molecule has 242 valence electrons. The van der Waals surface area contributed by atoms with Gasteiger partial charge in [0.05, 0.1) is 6.10 Å². The van der Waals surface area contributed by atoms with Crippen molar-refractivity contribution in [1.82, 2.24) is 9.80 Å². The summed E-state index contributed by atoms with van der Waals surface area (Å²) in [4.78, 5) is 42.7. The quantitative estimate of drug-likeness (QED) is 0.294. The molecule has 45 heavy (non-hydrogen) atoms. The first-order valence-corrected chi connectivity index (χ1v) is 15.7. The SMILES string of the molecule is C/C(=C\C(=O)N(C)[C@H](Cc1ccc2ccccc2c1)C(=O)N(C)[C@H](Cc1ccccc1)C(N)=O)CC(C)(C)N.CC1CCCO1. The molecule has 1 saturated heterocycles. The zero-order valence-corrected chi connectivity index (χ0v) is 27.7. The van der Waals surface area contributed by atoms with Crippen LogP contribution in [0.3, 0.4) is 0 Å². The molecular weight excluding hydrogens is 564 g/mol. The number of ether oxygens (including phenoxy) is 1. The minimum atomic E-state index is -0.863. The molecule has 4 rings (SSSR count). The highest BCUT2D eigenvalue weighted by Gasteiger charge is 2.34. The average molecular weight is 615 g/mol. The van der Waals surface area contributed by atoms with Gasteiger partial charge in [-0.3, -0.25) is 14.4 Å². The fraction of sp³-hybridized carbons (Fsp3) is 0.432. The smallest absolute Gasteiger partial charge is 0.246 e. The maximum atomic E-state index is 14.0. The molecule has 1 aliphatic rings. The summed E-state index contributed by atoms with van der Waals surface area (Å²) >= 11 is 0. The zero-order valence-electron chi connectivity index (χ0n) is 27.7. The van der Waals surface area contributed by atoms with E-state index in [9.17, 15) is 14.4 Å². The lowest BCUT2D eigenvalue weighted by atomic mass is 9.96. The van der Waals surface area contributed by atoms with E-state index in [0.717, 1.165) is 34.1 Å². The number of rotatable bonds is 11. The van der Waals surface area contributed by atoms with Crippen LogP contribution in [0.2, 0.25) is 0 Å². The van der Waals surface area contributed by atoms with Gasteiger partial charge in [0, 0.05) is 45.2 Å². The molecule has 1 aliphatic heterocycles. The van der Waals surface area contributed by atoms with Crippen molar-refractivity contribution < 1.29 is 19.1 Å². The number of hydrogen-bond acceptors (Lipinski definition) is 5. The van der Waals surface area contributed by atoms with E-state index in [2.05, 4.69) is 6.92 Å². The first-order chi connectivity index (χ1) is 21.2. The lowest BCUT2D eigenvalue weighted by Crippen LogP contribution is -2.55. The van der Waals surface area contributed by atoms with Crippen molar-refractivity contribution in [2.45, 2.75) is 83.5 Å². The molecule has 3 atom stereocenters. The molecule has 0 radical (unpaired) electrons. The highest BCUT2D eigenvalue weighted by molar-refractivity contribution is 5.95. The van der Waals surface area contributed by atoms with Gasteiger partial charge >= 0.3 is 0 Å². The molecule has 1 unspecified atom stereocenters. The van der Waals surface area contributed by atoms with E-state index in [1.54, 1.807) is 14.1 Å². The minimum absolute atomic E-state index is 0.280. The predicted molar refractivity (Wildman–Crippen MR) is 181 cm³/mol. The van der Waals surface area contributed by atoms with Crippen molar-refractivity contribution in [3.8, 4) is 0 Å². The van der Waals surface area contributed by atoms with Crippen molar-refractivity contribution in [1.29, 1.82) is 0 Å². The number of benzene rings is 3. The van der Waals surface area contributed by atoms with Crippen LogP contribution < -0.4 is 11.5 Å². The topological polar surface area (TPSA) is 119 Å². The first kappa shape index (κ1) is 35.5. The Morgan fingerprint density at radius 1 is 0.911 bits per heavy atom. The molecular formula is C37H50N4O4. The third-order valence-corrected chi connectivity index (χ3v) is 8.02. The van der Waals surface area contributed by atoms with E-state index in [4.69, 9.17) is 16.2 Å². The summed E-state index contributed by atoms with van der Waals surface area (Å²) in [6.07, 6.45) is 5.71. The molecule has 8 nitrogen and oxygen atoms in total. The second-order valence-corrected chi connectivity index (χ2v) is 12.9.